The van der Waals surface area contributed by atoms with Gasteiger partial charge in [0.1, 0.15) is 12.4 Å². The fraction of sp³-hybridized carbons (Fsp3) is 0.267. The maximum Gasteiger partial charge on any atom is 0.338 e. The molecule has 0 saturated carbocycles. The first-order chi connectivity index (χ1) is 12.6. The van der Waals surface area contributed by atoms with Gasteiger partial charge in [0.15, 0.2) is 4.77 Å². The maximum absolute atomic E-state index is 14.4. The van der Waals surface area contributed by atoms with Gasteiger partial charge < -0.3 is 10.1 Å². The van der Waals surface area contributed by atoms with Crippen molar-refractivity contribution in [1.29, 1.82) is 0 Å². The number of nitrogens with one attached hydrogen (secondary N) is 1. The van der Waals surface area contributed by atoms with Crippen LogP contribution in [-0.2, 0) is 23.6 Å². The lowest BCUT2D eigenvalue weighted by molar-refractivity contribution is -0.139. The van der Waals surface area contributed by atoms with Crippen LogP contribution in [0.5, 0.6) is 0 Å². The largest absolute Gasteiger partial charge is 0.468 e. The summed E-state index contributed by atoms with van der Waals surface area (Å²) in [4.78, 5) is 48.2. The van der Waals surface area contributed by atoms with Gasteiger partial charge in [-0.1, -0.05) is 11.6 Å². The second-order valence-electron chi connectivity index (χ2n) is 5.34. The SMILES string of the molecule is COC(=O)CNC(=O)c1cc(-n2c(=O)n(C)c(=S)n(C)c2=O)c(F)cc1Cl. The Hall–Kier alpha value is -2.79. The molecule has 1 aromatic heterocycles. The highest BCUT2D eigenvalue weighted by atomic mass is 35.5. The minimum atomic E-state index is -0.999. The molecular weight excluding hydrogens is 403 g/mol. The van der Waals surface area contributed by atoms with Crippen LogP contribution in [0.15, 0.2) is 21.7 Å². The molecule has 0 saturated heterocycles. The number of nitrogens with zero attached hydrogens (tertiary/aromatic N) is 3. The van der Waals surface area contributed by atoms with E-state index in [0.717, 1.165) is 28.4 Å². The number of benzene rings is 1. The van der Waals surface area contributed by atoms with E-state index in [4.69, 9.17) is 23.8 Å². The van der Waals surface area contributed by atoms with E-state index < -0.39 is 41.3 Å². The standard InChI is InChI=1S/C15H14ClFN4O5S/c1-19-13(24)21(14(25)20(2)15(19)27)10-4-7(8(16)5-9(10)17)12(23)18-6-11(22)26-3/h4-5H,6H2,1-3H3,(H,18,23). The summed E-state index contributed by atoms with van der Waals surface area (Å²) in [7, 11) is 3.78. The minimum Gasteiger partial charge on any atom is -0.468 e. The highest BCUT2D eigenvalue weighted by molar-refractivity contribution is 7.71. The van der Waals surface area contributed by atoms with Gasteiger partial charge in [0, 0.05) is 14.1 Å². The van der Waals surface area contributed by atoms with Crippen LogP contribution in [0, 0.1) is 10.6 Å². The molecule has 0 unspecified atom stereocenters. The Labute approximate surface area is 161 Å². The molecule has 1 N–H and O–H groups in total. The van der Waals surface area contributed by atoms with Crippen molar-refractivity contribution in [3.8, 4) is 5.69 Å². The zero-order chi connectivity index (χ0) is 20.5. The normalized spacial score (nSPS) is 10.6. The van der Waals surface area contributed by atoms with Crippen LogP contribution in [0.2, 0.25) is 5.02 Å². The fourth-order valence-electron chi connectivity index (χ4n) is 2.18. The molecule has 1 aromatic carbocycles. The molecule has 27 heavy (non-hydrogen) atoms. The molecule has 144 valence electrons. The number of aromatic nitrogens is 3. The van der Waals surface area contributed by atoms with Crippen LogP contribution in [0.1, 0.15) is 10.4 Å². The lowest BCUT2D eigenvalue weighted by Gasteiger charge is -2.13. The van der Waals surface area contributed by atoms with Gasteiger partial charge in [-0.2, -0.15) is 0 Å². The second-order valence-corrected chi connectivity index (χ2v) is 6.12. The lowest BCUT2D eigenvalue weighted by Crippen LogP contribution is -2.44. The predicted octanol–water partition coefficient (Wildman–Crippen LogP) is 0.299. The third-order valence-electron chi connectivity index (χ3n) is 3.67. The van der Waals surface area contributed by atoms with E-state index in [1.54, 1.807) is 0 Å². The molecule has 12 heteroatoms. The number of amides is 1. The molecule has 0 bridgehead atoms. The summed E-state index contributed by atoms with van der Waals surface area (Å²) in [5.41, 5.74) is -2.52. The van der Waals surface area contributed by atoms with Gasteiger partial charge in [0.05, 0.1) is 23.4 Å². The lowest BCUT2D eigenvalue weighted by atomic mass is 10.1. The van der Waals surface area contributed by atoms with Crippen LogP contribution < -0.4 is 16.7 Å². The number of ether oxygens (including phenoxy) is 1. The van der Waals surface area contributed by atoms with Gasteiger partial charge in [-0.15, -0.1) is 0 Å². The molecule has 0 spiro atoms. The van der Waals surface area contributed by atoms with E-state index in [1.165, 1.54) is 14.1 Å². The molecule has 9 nitrogen and oxygen atoms in total. The third kappa shape index (κ3) is 3.83. The predicted molar refractivity (Wildman–Crippen MR) is 96.4 cm³/mol. The average Bonchev–Trinajstić information content (AvgIpc) is 2.64. The van der Waals surface area contributed by atoms with Gasteiger partial charge in [-0.3, -0.25) is 18.7 Å². The van der Waals surface area contributed by atoms with Gasteiger partial charge in [-0.05, 0) is 24.4 Å². The van der Waals surface area contributed by atoms with Crippen molar-refractivity contribution in [3.63, 3.8) is 0 Å². The Morgan fingerprint density at radius 3 is 2.30 bits per heavy atom. The Bertz CT molecular complexity index is 1080. The number of carbonyl (C=O) groups excluding carboxylic acids is 2. The minimum absolute atomic E-state index is 0.0633. The van der Waals surface area contributed by atoms with E-state index in [-0.39, 0.29) is 15.4 Å². The van der Waals surface area contributed by atoms with Crippen LogP contribution in [-0.4, -0.2) is 39.2 Å². The van der Waals surface area contributed by atoms with E-state index in [2.05, 4.69) is 10.1 Å². The van der Waals surface area contributed by atoms with Crippen molar-refractivity contribution in [2.24, 2.45) is 14.1 Å². The first-order valence-corrected chi connectivity index (χ1v) is 8.12. The summed E-state index contributed by atoms with van der Waals surface area (Å²) >= 11 is 10.9. The monoisotopic (exact) mass is 416 g/mol. The van der Waals surface area contributed by atoms with E-state index in [9.17, 15) is 23.6 Å². The molecule has 2 aromatic rings. The van der Waals surface area contributed by atoms with Crippen LogP contribution in [0.25, 0.3) is 5.69 Å². The van der Waals surface area contributed by atoms with Crippen molar-refractivity contribution in [2.45, 2.75) is 0 Å². The molecule has 0 radical (unpaired) electrons. The number of hydrogen-bond donors (Lipinski definition) is 1. The summed E-state index contributed by atoms with van der Waals surface area (Å²) in [5, 5.41) is 1.97. The topological polar surface area (TPSA) is 104 Å². The number of rotatable bonds is 4. The molecule has 0 fully saturated rings. The van der Waals surface area contributed by atoms with Crippen LogP contribution >= 0.6 is 23.8 Å². The number of methoxy groups -OCH3 is 1. The number of esters is 1. The molecule has 0 aliphatic heterocycles. The summed E-state index contributed by atoms with van der Waals surface area (Å²) < 4.78 is 21.2. The van der Waals surface area contributed by atoms with E-state index >= 15 is 0 Å². The quantitative estimate of drug-likeness (QED) is 0.568. The van der Waals surface area contributed by atoms with Gasteiger partial charge >= 0.3 is 17.3 Å². The fourth-order valence-corrected chi connectivity index (χ4v) is 2.57. The van der Waals surface area contributed by atoms with Gasteiger partial charge in [0.2, 0.25) is 0 Å². The molecule has 0 aliphatic rings. The van der Waals surface area contributed by atoms with Crippen LogP contribution in [0.4, 0.5) is 4.39 Å². The van der Waals surface area contributed by atoms with Gasteiger partial charge in [0.25, 0.3) is 5.91 Å². The number of halogens is 2. The first kappa shape index (κ1) is 20.5. The highest BCUT2D eigenvalue weighted by Crippen LogP contribution is 2.22. The maximum atomic E-state index is 14.4. The number of hydrogen-bond acceptors (Lipinski definition) is 6. The van der Waals surface area contributed by atoms with E-state index in [0.29, 0.717) is 4.57 Å². The summed E-state index contributed by atoms with van der Waals surface area (Å²) in [5.74, 6) is -2.53. The Balaban J connectivity index is 2.66. The van der Waals surface area contributed by atoms with Crippen molar-refractivity contribution in [1.82, 2.24) is 19.0 Å². The van der Waals surface area contributed by atoms with Crippen molar-refractivity contribution in [2.75, 3.05) is 13.7 Å². The highest BCUT2D eigenvalue weighted by Gasteiger charge is 2.20. The molecule has 2 rings (SSSR count). The Kier molecular flexibility index (Phi) is 5.96. The molecule has 0 atom stereocenters. The Morgan fingerprint density at radius 2 is 1.78 bits per heavy atom. The van der Waals surface area contributed by atoms with Crippen LogP contribution in [0.3, 0.4) is 0 Å². The van der Waals surface area contributed by atoms with Crippen molar-refractivity contribution < 1.29 is 18.7 Å². The first-order valence-electron chi connectivity index (χ1n) is 7.33. The summed E-state index contributed by atoms with van der Waals surface area (Å²) in [6, 6.07) is 1.73. The molecular formula is C15H14ClFN4O5S. The Morgan fingerprint density at radius 1 is 1.22 bits per heavy atom. The summed E-state index contributed by atoms with van der Waals surface area (Å²) in [6.45, 7) is -0.445. The smallest absolute Gasteiger partial charge is 0.338 e. The van der Waals surface area contributed by atoms with Crippen molar-refractivity contribution in [3.05, 3.63) is 54.3 Å². The third-order valence-corrected chi connectivity index (χ3v) is 4.53. The molecule has 1 amide bonds. The zero-order valence-electron chi connectivity index (χ0n) is 14.4. The average molecular weight is 417 g/mol. The number of carbonyl (C=O) groups is 2. The molecule has 0 aliphatic carbocycles. The summed E-state index contributed by atoms with van der Waals surface area (Å²) in [6.07, 6.45) is 0. The zero-order valence-corrected chi connectivity index (χ0v) is 16.0. The van der Waals surface area contributed by atoms with Gasteiger partial charge in [-0.25, -0.2) is 18.5 Å². The van der Waals surface area contributed by atoms with Crippen molar-refractivity contribution >= 4 is 35.7 Å². The van der Waals surface area contributed by atoms with E-state index in [1.807, 2.05) is 0 Å². The second kappa shape index (κ2) is 7.84. The molecule has 1 heterocycles.